The Hall–Kier alpha value is -1.47. The number of methoxy groups -OCH3 is 1. The topological polar surface area (TPSA) is 39.7 Å². The van der Waals surface area contributed by atoms with Crippen LogP contribution in [0.4, 0.5) is 13.2 Å². The van der Waals surface area contributed by atoms with Gasteiger partial charge in [0.25, 0.3) is 0 Å². The van der Waals surface area contributed by atoms with Crippen LogP contribution >= 0.6 is 0 Å². The van der Waals surface area contributed by atoms with Gasteiger partial charge in [-0.3, -0.25) is 0 Å². The van der Waals surface area contributed by atoms with E-state index in [1.807, 2.05) is 19.2 Å². The van der Waals surface area contributed by atoms with Gasteiger partial charge in [0.05, 0.1) is 20.3 Å². The summed E-state index contributed by atoms with van der Waals surface area (Å²) >= 11 is 0. The number of hydrogen-bond donors (Lipinski definition) is 1. The lowest BCUT2D eigenvalue weighted by atomic mass is 10.2. The molecule has 0 unspecified atom stereocenters. The Bertz CT molecular complexity index is 424. The molecule has 7 heteroatoms. The number of alkyl halides is 3. The molecule has 120 valence electrons. The highest BCUT2D eigenvalue weighted by Crippen LogP contribution is 2.28. The fourth-order valence-electron chi connectivity index (χ4n) is 1.68. The number of benzene rings is 1. The molecule has 4 nitrogen and oxygen atoms in total. The van der Waals surface area contributed by atoms with E-state index in [1.54, 1.807) is 6.07 Å². The molecule has 0 amide bonds. The summed E-state index contributed by atoms with van der Waals surface area (Å²) < 4.78 is 50.8. The van der Waals surface area contributed by atoms with Gasteiger partial charge in [0, 0.05) is 13.0 Å². The van der Waals surface area contributed by atoms with Gasteiger partial charge in [-0.15, -0.1) is 0 Å². The highest BCUT2D eigenvalue weighted by molar-refractivity contribution is 5.42. The SMILES string of the molecule is CNCc1ccc(OC)c(OCCCOCC(F)(F)F)c1. The maximum absolute atomic E-state index is 11.9. The predicted octanol–water partition coefficient (Wildman–Crippen LogP) is 2.76. The van der Waals surface area contributed by atoms with Crippen LogP contribution in [0.1, 0.15) is 12.0 Å². The smallest absolute Gasteiger partial charge is 0.411 e. The first kappa shape index (κ1) is 17.6. The van der Waals surface area contributed by atoms with E-state index in [-0.39, 0.29) is 13.2 Å². The largest absolute Gasteiger partial charge is 0.493 e. The lowest BCUT2D eigenvalue weighted by molar-refractivity contribution is -0.174. The number of rotatable bonds is 9. The van der Waals surface area contributed by atoms with Crippen LogP contribution in [0.2, 0.25) is 0 Å². The van der Waals surface area contributed by atoms with Crippen LogP contribution in [0, 0.1) is 0 Å². The van der Waals surface area contributed by atoms with Crippen molar-refractivity contribution >= 4 is 0 Å². The van der Waals surface area contributed by atoms with Crippen LogP contribution in [-0.2, 0) is 11.3 Å². The lowest BCUT2D eigenvalue weighted by Gasteiger charge is -2.12. The van der Waals surface area contributed by atoms with Gasteiger partial charge < -0.3 is 19.5 Å². The van der Waals surface area contributed by atoms with Crippen LogP contribution in [0.15, 0.2) is 18.2 Å². The van der Waals surface area contributed by atoms with Crippen LogP contribution in [0.3, 0.4) is 0 Å². The molecular formula is C14H20F3NO3. The van der Waals surface area contributed by atoms with Crippen molar-refractivity contribution in [1.29, 1.82) is 0 Å². The summed E-state index contributed by atoms with van der Waals surface area (Å²) in [5.41, 5.74) is 1.03. The minimum Gasteiger partial charge on any atom is -0.493 e. The van der Waals surface area contributed by atoms with Crippen LogP contribution in [0.25, 0.3) is 0 Å². The molecule has 0 bridgehead atoms. The van der Waals surface area contributed by atoms with Gasteiger partial charge in [0.2, 0.25) is 0 Å². The summed E-state index contributed by atoms with van der Waals surface area (Å²) in [6.45, 7) is -0.279. The van der Waals surface area contributed by atoms with Crippen molar-refractivity contribution in [3.05, 3.63) is 23.8 Å². The molecule has 0 aliphatic rings. The quantitative estimate of drug-likeness (QED) is 0.712. The number of hydrogen-bond acceptors (Lipinski definition) is 4. The molecule has 0 radical (unpaired) electrons. The van der Waals surface area contributed by atoms with Gasteiger partial charge in [-0.25, -0.2) is 0 Å². The second-order valence-corrected chi connectivity index (χ2v) is 4.39. The van der Waals surface area contributed by atoms with Gasteiger partial charge in [0.1, 0.15) is 6.61 Å². The number of ether oxygens (including phenoxy) is 3. The normalized spacial score (nSPS) is 11.5. The Balaban J connectivity index is 2.38. The standard InChI is InChI=1S/C14H20F3NO3/c1-18-9-11-4-5-12(19-2)13(8-11)21-7-3-6-20-10-14(15,16)17/h4-5,8,18H,3,6-7,9-10H2,1-2H3. The van der Waals surface area contributed by atoms with Crippen molar-refractivity contribution in [1.82, 2.24) is 5.32 Å². The van der Waals surface area contributed by atoms with Crippen molar-refractivity contribution in [2.75, 3.05) is 34.0 Å². The van der Waals surface area contributed by atoms with Crippen molar-refractivity contribution in [3.8, 4) is 11.5 Å². The van der Waals surface area contributed by atoms with E-state index < -0.39 is 12.8 Å². The Kier molecular flexibility index (Phi) is 7.31. The summed E-state index contributed by atoms with van der Waals surface area (Å²) in [5, 5.41) is 3.02. The average Bonchev–Trinajstić information content (AvgIpc) is 2.42. The molecule has 21 heavy (non-hydrogen) atoms. The second-order valence-electron chi connectivity index (χ2n) is 4.39. The average molecular weight is 307 g/mol. The zero-order valence-electron chi connectivity index (χ0n) is 12.1. The third kappa shape index (κ3) is 7.19. The van der Waals surface area contributed by atoms with E-state index in [4.69, 9.17) is 9.47 Å². The van der Waals surface area contributed by atoms with Gasteiger partial charge in [-0.05, 0) is 24.7 Å². The summed E-state index contributed by atoms with van der Waals surface area (Å²) in [7, 11) is 3.37. The Labute approximate surface area is 122 Å². The third-order valence-corrected chi connectivity index (χ3v) is 2.57. The van der Waals surface area contributed by atoms with Crippen LogP contribution in [0.5, 0.6) is 11.5 Å². The van der Waals surface area contributed by atoms with E-state index in [0.29, 0.717) is 24.5 Å². The zero-order chi connectivity index (χ0) is 15.7. The molecule has 1 aromatic rings. The fraction of sp³-hybridized carbons (Fsp3) is 0.571. The van der Waals surface area contributed by atoms with Gasteiger partial charge in [-0.1, -0.05) is 6.07 Å². The number of halogens is 3. The van der Waals surface area contributed by atoms with Gasteiger partial charge in [0.15, 0.2) is 11.5 Å². The molecule has 0 fully saturated rings. The lowest BCUT2D eigenvalue weighted by Crippen LogP contribution is -2.18. The Morgan fingerprint density at radius 3 is 2.52 bits per heavy atom. The minimum atomic E-state index is -4.29. The molecular weight excluding hydrogens is 287 g/mol. The van der Waals surface area contributed by atoms with Crippen molar-refractivity contribution in [2.24, 2.45) is 0 Å². The van der Waals surface area contributed by atoms with Crippen molar-refractivity contribution in [2.45, 2.75) is 19.1 Å². The molecule has 0 heterocycles. The summed E-state index contributed by atoms with van der Waals surface area (Å²) in [5.74, 6) is 1.16. The Morgan fingerprint density at radius 1 is 1.14 bits per heavy atom. The molecule has 0 saturated carbocycles. The van der Waals surface area contributed by atoms with E-state index in [0.717, 1.165) is 5.56 Å². The maximum atomic E-state index is 11.9. The first-order valence-corrected chi connectivity index (χ1v) is 6.55. The van der Waals surface area contributed by atoms with E-state index in [9.17, 15) is 13.2 Å². The van der Waals surface area contributed by atoms with E-state index >= 15 is 0 Å². The van der Waals surface area contributed by atoms with Crippen molar-refractivity contribution < 1.29 is 27.4 Å². The third-order valence-electron chi connectivity index (χ3n) is 2.57. The summed E-state index contributed by atoms with van der Waals surface area (Å²) in [4.78, 5) is 0. The predicted molar refractivity (Wildman–Crippen MR) is 72.7 cm³/mol. The highest BCUT2D eigenvalue weighted by atomic mass is 19.4. The molecule has 0 aliphatic carbocycles. The number of nitrogens with one attached hydrogen (secondary N) is 1. The fourth-order valence-corrected chi connectivity index (χ4v) is 1.68. The Morgan fingerprint density at radius 2 is 1.90 bits per heavy atom. The molecule has 0 spiro atoms. The molecule has 0 saturated heterocycles. The van der Waals surface area contributed by atoms with E-state index in [2.05, 4.69) is 10.1 Å². The molecule has 1 aromatic carbocycles. The second kappa shape index (κ2) is 8.74. The molecule has 0 atom stereocenters. The van der Waals surface area contributed by atoms with Crippen LogP contribution in [-0.4, -0.2) is 40.2 Å². The monoisotopic (exact) mass is 307 g/mol. The van der Waals surface area contributed by atoms with Crippen LogP contribution < -0.4 is 14.8 Å². The highest BCUT2D eigenvalue weighted by Gasteiger charge is 2.27. The summed E-state index contributed by atoms with van der Waals surface area (Å²) in [6, 6.07) is 5.54. The minimum absolute atomic E-state index is 0.00195. The van der Waals surface area contributed by atoms with E-state index in [1.165, 1.54) is 7.11 Å². The first-order chi connectivity index (χ1) is 9.96. The van der Waals surface area contributed by atoms with Gasteiger partial charge in [-0.2, -0.15) is 13.2 Å². The summed E-state index contributed by atoms with van der Waals surface area (Å²) in [6.07, 6.45) is -3.92. The van der Waals surface area contributed by atoms with Crippen molar-refractivity contribution in [3.63, 3.8) is 0 Å². The first-order valence-electron chi connectivity index (χ1n) is 6.55. The molecule has 0 aromatic heterocycles. The maximum Gasteiger partial charge on any atom is 0.411 e. The molecule has 1 rings (SSSR count). The molecule has 1 N–H and O–H groups in total. The zero-order valence-corrected chi connectivity index (χ0v) is 12.1. The van der Waals surface area contributed by atoms with Gasteiger partial charge >= 0.3 is 6.18 Å². The molecule has 0 aliphatic heterocycles.